The van der Waals surface area contributed by atoms with Crippen LogP contribution in [-0.4, -0.2) is 35.3 Å². The molecule has 0 bridgehead atoms. The van der Waals surface area contributed by atoms with E-state index in [0.29, 0.717) is 6.61 Å². The predicted octanol–water partition coefficient (Wildman–Crippen LogP) is 5.74. The van der Waals surface area contributed by atoms with Gasteiger partial charge >= 0.3 is 0 Å². The number of pyridine rings is 1. The molecule has 1 atom stereocenters. The Labute approximate surface area is 205 Å². The zero-order valence-electron chi connectivity index (χ0n) is 20.2. The Morgan fingerprint density at radius 3 is 2.91 bits per heavy atom. The summed E-state index contributed by atoms with van der Waals surface area (Å²) in [7, 11) is 1.68. The highest BCUT2D eigenvalue weighted by Crippen LogP contribution is 2.35. The molecule has 182 valence electrons. The van der Waals surface area contributed by atoms with E-state index in [2.05, 4.69) is 45.0 Å². The minimum absolute atomic E-state index is 0.481. The van der Waals surface area contributed by atoms with Crippen molar-refractivity contribution in [2.75, 3.05) is 30.9 Å². The van der Waals surface area contributed by atoms with Gasteiger partial charge < -0.3 is 30.2 Å². The van der Waals surface area contributed by atoms with Crippen molar-refractivity contribution in [3.63, 3.8) is 0 Å². The number of benzene rings is 2. The van der Waals surface area contributed by atoms with E-state index < -0.39 is 6.10 Å². The summed E-state index contributed by atoms with van der Waals surface area (Å²) >= 11 is 0. The molecule has 0 amide bonds. The molecule has 7 heteroatoms. The van der Waals surface area contributed by atoms with E-state index in [1.807, 2.05) is 31.2 Å². The third kappa shape index (κ3) is 4.91. The fourth-order valence-electron chi connectivity index (χ4n) is 4.79. The van der Waals surface area contributed by atoms with Gasteiger partial charge in [0.25, 0.3) is 0 Å². The first-order valence-corrected chi connectivity index (χ1v) is 12.2. The van der Waals surface area contributed by atoms with E-state index in [1.165, 1.54) is 10.9 Å². The maximum Gasteiger partial charge on any atom is 0.144 e. The van der Waals surface area contributed by atoms with Crippen molar-refractivity contribution in [2.45, 2.75) is 38.7 Å². The first kappa shape index (κ1) is 23.1. The van der Waals surface area contributed by atoms with Gasteiger partial charge in [-0.05, 0) is 74.1 Å². The lowest BCUT2D eigenvalue weighted by atomic mass is 9.92. The van der Waals surface area contributed by atoms with E-state index in [9.17, 15) is 5.11 Å². The van der Waals surface area contributed by atoms with Crippen molar-refractivity contribution in [2.24, 2.45) is 0 Å². The maximum atomic E-state index is 10.3. The number of methoxy groups -OCH3 is 1. The molecule has 0 saturated carbocycles. The number of H-pyrrole nitrogens is 1. The topological polar surface area (TPSA) is 91.4 Å². The number of nitrogens with one attached hydrogen (secondary N) is 3. The van der Waals surface area contributed by atoms with Gasteiger partial charge in [0.1, 0.15) is 11.5 Å². The minimum atomic E-state index is -0.481. The molecule has 2 aromatic heterocycles. The van der Waals surface area contributed by atoms with Gasteiger partial charge in [0.15, 0.2) is 0 Å². The SMILES string of the molecule is CCOc1cc(Nc2ccnc3c2CCC[C@H]3O)ccc1NCCc1c[nH]c2cc(OC)ccc12. The predicted molar refractivity (Wildman–Crippen MR) is 140 cm³/mol. The van der Waals surface area contributed by atoms with Crippen molar-refractivity contribution < 1.29 is 14.6 Å². The van der Waals surface area contributed by atoms with Gasteiger partial charge in [-0.25, -0.2) is 0 Å². The Morgan fingerprint density at radius 2 is 2.06 bits per heavy atom. The highest BCUT2D eigenvalue weighted by Gasteiger charge is 2.22. The molecular weight excluding hydrogens is 440 g/mol. The van der Waals surface area contributed by atoms with Crippen molar-refractivity contribution in [1.29, 1.82) is 0 Å². The number of hydrogen-bond donors (Lipinski definition) is 4. The highest BCUT2D eigenvalue weighted by atomic mass is 16.5. The molecule has 0 aliphatic heterocycles. The van der Waals surface area contributed by atoms with Crippen LogP contribution in [0.5, 0.6) is 11.5 Å². The Bertz CT molecular complexity index is 1320. The monoisotopic (exact) mass is 472 g/mol. The summed E-state index contributed by atoms with van der Waals surface area (Å²) in [6.07, 6.45) is 6.87. The second-order valence-corrected chi connectivity index (χ2v) is 8.80. The lowest BCUT2D eigenvalue weighted by Crippen LogP contribution is -2.13. The molecule has 5 rings (SSSR count). The second-order valence-electron chi connectivity index (χ2n) is 8.80. The molecule has 0 fully saturated rings. The molecule has 1 aliphatic rings. The summed E-state index contributed by atoms with van der Waals surface area (Å²) in [5.74, 6) is 1.66. The zero-order chi connectivity index (χ0) is 24.2. The summed E-state index contributed by atoms with van der Waals surface area (Å²) in [5, 5.41) is 18.6. The van der Waals surface area contributed by atoms with Crippen LogP contribution < -0.4 is 20.1 Å². The Kier molecular flexibility index (Phi) is 6.77. The van der Waals surface area contributed by atoms with Gasteiger partial charge in [-0.2, -0.15) is 0 Å². The molecule has 2 heterocycles. The summed E-state index contributed by atoms with van der Waals surface area (Å²) in [4.78, 5) is 7.75. The summed E-state index contributed by atoms with van der Waals surface area (Å²) in [5.41, 5.74) is 7.13. The number of fused-ring (bicyclic) bond motifs is 2. The molecule has 4 N–H and O–H groups in total. The normalized spacial score (nSPS) is 15.0. The zero-order valence-corrected chi connectivity index (χ0v) is 20.2. The average molecular weight is 473 g/mol. The molecule has 0 radical (unpaired) electrons. The summed E-state index contributed by atoms with van der Waals surface area (Å²) < 4.78 is 11.3. The maximum absolute atomic E-state index is 10.3. The van der Waals surface area contributed by atoms with Crippen LogP contribution in [0.1, 0.15) is 42.7 Å². The number of nitrogens with zero attached hydrogens (tertiary/aromatic N) is 1. The van der Waals surface area contributed by atoms with Crippen LogP contribution >= 0.6 is 0 Å². The fourth-order valence-corrected chi connectivity index (χ4v) is 4.79. The third-order valence-electron chi connectivity index (χ3n) is 6.55. The molecule has 1 aliphatic carbocycles. The van der Waals surface area contributed by atoms with Crippen LogP contribution in [0, 0.1) is 0 Å². The Hall–Kier alpha value is -3.71. The quantitative estimate of drug-likeness (QED) is 0.248. The van der Waals surface area contributed by atoms with Gasteiger partial charge in [-0.1, -0.05) is 0 Å². The van der Waals surface area contributed by atoms with E-state index in [1.54, 1.807) is 13.3 Å². The van der Waals surface area contributed by atoms with E-state index in [-0.39, 0.29) is 0 Å². The van der Waals surface area contributed by atoms with E-state index in [4.69, 9.17) is 9.47 Å². The number of rotatable bonds is 9. The third-order valence-corrected chi connectivity index (χ3v) is 6.55. The second kappa shape index (κ2) is 10.3. The largest absolute Gasteiger partial charge is 0.497 e. The van der Waals surface area contributed by atoms with Crippen LogP contribution in [0.25, 0.3) is 10.9 Å². The summed E-state index contributed by atoms with van der Waals surface area (Å²) in [6.45, 7) is 3.35. The van der Waals surface area contributed by atoms with Gasteiger partial charge in [-0.15, -0.1) is 0 Å². The van der Waals surface area contributed by atoms with E-state index >= 15 is 0 Å². The van der Waals surface area contributed by atoms with Crippen molar-refractivity contribution in [3.05, 3.63) is 71.7 Å². The van der Waals surface area contributed by atoms with Crippen molar-refractivity contribution in [3.8, 4) is 11.5 Å². The first-order chi connectivity index (χ1) is 17.2. The molecule has 0 spiro atoms. The van der Waals surface area contributed by atoms with E-state index in [0.717, 1.165) is 77.6 Å². The minimum Gasteiger partial charge on any atom is -0.497 e. The smallest absolute Gasteiger partial charge is 0.144 e. The number of anilines is 3. The lowest BCUT2D eigenvalue weighted by Gasteiger charge is -2.23. The summed E-state index contributed by atoms with van der Waals surface area (Å²) in [6, 6.07) is 14.2. The molecular formula is C28H32N4O3. The van der Waals surface area contributed by atoms with Gasteiger partial charge in [0, 0.05) is 53.3 Å². The average Bonchev–Trinajstić information content (AvgIpc) is 3.28. The lowest BCUT2D eigenvalue weighted by molar-refractivity contribution is 0.151. The number of hydrogen-bond acceptors (Lipinski definition) is 6. The van der Waals surface area contributed by atoms with Crippen molar-refractivity contribution >= 4 is 28.0 Å². The number of ether oxygens (including phenoxy) is 2. The fraction of sp³-hybridized carbons (Fsp3) is 0.321. The van der Waals surface area contributed by atoms with Gasteiger partial charge in [0.05, 0.1) is 31.2 Å². The standard InChI is InChI=1S/C28H32N4O3/c1-3-35-27-15-19(32-23-12-14-30-28-22(23)5-4-6-26(28)33)7-10-24(27)29-13-11-18-17-31-25-16-20(34-2)8-9-21(18)25/h7-10,12,14-17,26,29,31,33H,3-6,11,13H2,1-2H3,(H,30,32)/t26-/m1/s1. The van der Waals surface area contributed by atoms with Gasteiger partial charge in [0.2, 0.25) is 0 Å². The molecule has 0 unspecified atom stereocenters. The van der Waals surface area contributed by atoms with Crippen LogP contribution in [-0.2, 0) is 12.8 Å². The molecule has 2 aromatic carbocycles. The number of aromatic nitrogens is 2. The van der Waals surface area contributed by atoms with Crippen LogP contribution in [0.15, 0.2) is 54.9 Å². The molecule has 0 saturated heterocycles. The van der Waals surface area contributed by atoms with Crippen LogP contribution in [0.2, 0.25) is 0 Å². The van der Waals surface area contributed by atoms with Crippen LogP contribution in [0.3, 0.4) is 0 Å². The Morgan fingerprint density at radius 1 is 1.14 bits per heavy atom. The number of aromatic amines is 1. The van der Waals surface area contributed by atoms with Gasteiger partial charge in [-0.3, -0.25) is 4.98 Å². The van der Waals surface area contributed by atoms with Crippen molar-refractivity contribution in [1.82, 2.24) is 9.97 Å². The first-order valence-electron chi connectivity index (χ1n) is 12.2. The number of aliphatic hydroxyl groups excluding tert-OH is 1. The molecule has 35 heavy (non-hydrogen) atoms. The molecule has 4 aromatic rings. The Balaban J connectivity index is 1.29. The highest BCUT2D eigenvalue weighted by molar-refractivity contribution is 5.84. The number of aliphatic hydroxyl groups is 1. The van der Waals surface area contributed by atoms with Crippen LogP contribution in [0.4, 0.5) is 17.1 Å². The molecule has 7 nitrogen and oxygen atoms in total.